The largest absolute Gasteiger partial charge is 0.496 e. The number of morpholine rings is 1. The van der Waals surface area contributed by atoms with Crippen LogP contribution >= 0.6 is 0 Å². The number of benzene rings is 1. The molecule has 0 amide bonds. The van der Waals surface area contributed by atoms with Crippen LogP contribution in [0.3, 0.4) is 0 Å². The first-order valence-electron chi connectivity index (χ1n) is 10.5. The molecule has 0 spiro atoms. The van der Waals surface area contributed by atoms with E-state index in [0.29, 0.717) is 12.1 Å². The van der Waals surface area contributed by atoms with E-state index in [1.165, 1.54) is 23.2 Å². The number of nitrogens with zero attached hydrogens (tertiary/aromatic N) is 4. The summed E-state index contributed by atoms with van der Waals surface area (Å²) in [5.74, 6) is 1.59. The molecular weight excluding hydrogens is 368 g/mol. The number of aliphatic hydroxyl groups is 1. The molecule has 0 unspecified atom stereocenters. The van der Waals surface area contributed by atoms with Gasteiger partial charge in [0.2, 0.25) is 5.95 Å². The molecule has 0 aliphatic carbocycles. The minimum atomic E-state index is -0.00907. The number of aromatic nitrogens is 2. The van der Waals surface area contributed by atoms with Gasteiger partial charge >= 0.3 is 0 Å². The van der Waals surface area contributed by atoms with Crippen molar-refractivity contribution in [1.29, 1.82) is 0 Å². The molecule has 7 heteroatoms. The maximum atomic E-state index is 9.64. The molecule has 5 rings (SSSR count). The molecule has 1 aromatic heterocycles. The predicted molar refractivity (Wildman–Crippen MR) is 109 cm³/mol. The van der Waals surface area contributed by atoms with E-state index in [1.54, 1.807) is 7.11 Å². The van der Waals surface area contributed by atoms with E-state index in [-0.39, 0.29) is 6.61 Å². The average molecular weight is 396 g/mol. The monoisotopic (exact) mass is 396 g/mol. The van der Waals surface area contributed by atoms with Crippen LogP contribution in [0.4, 0.5) is 5.95 Å². The Morgan fingerprint density at radius 2 is 2.10 bits per heavy atom. The van der Waals surface area contributed by atoms with Gasteiger partial charge in [0.15, 0.2) is 0 Å². The first kappa shape index (κ1) is 18.8. The van der Waals surface area contributed by atoms with Crippen molar-refractivity contribution >= 4 is 5.95 Å². The highest BCUT2D eigenvalue weighted by Gasteiger charge is 2.41. The van der Waals surface area contributed by atoms with Crippen molar-refractivity contribution < 1.29 is 14.6 Å². The van der Waals surface area contributed by atoms with Gasteiger partial charge in [-0.2, -0.15) is 0 Å². The van der Waals surface area contributed by atoms with E-state index in [4.69, 9.17) is 19.4 Å². The summed E-state index contributed by atoms with van der Waals surface area (Å²) in [4.78, 5) is 14.5. The number of ether oxygens (including phenoxy) is 2. The molecule has 2 fully saturated rings. The van der Waals surface area contributed by atoms with Crippen LogP contribution in [0.15, 0.2) is 24.4 Å². The normalized spacial score (nSPS) is 23.9. The van der Waals surface area contributed by atoms with Crippen molar-refractivity contribution in [3.8, 4) is 5.75 Å². The summed E-state index contributed by atoms with van der Waals surface area (Å²) in [6, 6.07) is 7.01. The van der Waals surface area contributed by atoms with Gasteiger partial charge in [-0.05, 0) is 30.5 Å². The molecule has 154 valence electrons. The van der Waals surface area contributed by atoms with Crippen LogP contribution in [0.25, 0.3) is 0 Å². The first-order valence-corrected chi connectivity index (χ1v) is 10.5. The summed E-state index contributed by atoms with van der Waals surface area (Å²) in [7, 11) is 1.64. The van der Waals surface area contributed by atoms with E-state index in [9.17, 15) is 5.11 Å². The Balaban J connectivity index is 1.37. The van der Waals surface area contributed by atoms with E-state index in [2.05, 4.69) is 28.1 Å². The second-order valence-corrected chi connectivity index (χ2v) is 8.10. The number of hydrogen-bond acceptors (Lipinski definition) is 7. The average Bonchev–Trinajstić information content (AvgIpc) is 3.05. The van der Waals surface area contributed by atoms with Crippen LogP contribution in [0.2, 0.25) is 0 Å². The van der Waals surface area contributed by atoms with Crippen LogP contribution in [0.1, 0.15) is 41.3 Å². The first-order chi connectivity index (χ1) is 14.3. The molecule has 29 heavy (non-hydrogen) atoms. The minimum Gasteiger partial charge on any atom is -0.496 e. The lowest BCUT2D eigenvalue weighted by Gasteiger charge is -2.36. The van der Waals surface area contributed by atoms with Crippen LogP contribution in [0, 0.1) is 0 Å². The Morgan fingerprint density at radius 3 is 2.90 bits per heavy atom. The Morgan fingerprint density at radius 1 is 1.24 bits per heavy atom. The topological polar surface area (TPSA) is 71.0 Å². The fourth-order valence-corrected chi connectivity index (χ4v) is 4.99. The van der Waals surface area contributed by atoms with Gasteiger partial charge in [-0.1, -0.05) is 6.07 Å². The zero-order chi connectivity index (χ0) is 19.8. The quantitative estimate of drug-likeness (QED) is 0.830. The number of fused-ring (bicyclic) bond motifs is 4. The summed E-state index contributed by atoms with van der Waals surface area (Å²) in [5.41, 5.74) is 4.55. The Hall–Kier alpha value is -2.22. The lowest BCUT2D eigenvalue weighted by molar-refractivity contribution is 0.122. The van der Waals surface area contributed by atoms with Gasteiger partial charge < -0.3 is 19.5 Å². The van der Waals surface area contributed by atoms with E-state index < -0.39 is 0 Å². The van der Waals surface area contributed by atoms with Crippen LogP contribution in [-0.4, -0.2) is 59.4 Å². The Labute approximate surface area is 171 Å². The molecule has 2 atom stereocenters. The lowest BCUT2D eigenvalue weighted by atomic mass is 9.98. The van der Waals surface area contributed by atoms with Gasteiger partial charge in [0.05, 0.1) is 32.6 Å². The van der Waals surface area contributed by atoms with Crippen molar-refractivity contribution in [3.63, 3.8) is 0 Å². The maximum Gasteiger partial charge on any atom is 0.225 e. The number of anilines is 1. The lowest BCUT2D eigenvalue weighted by Crippen LogP contribution is -2.40. The van der Waals surface area contributed by atoms with Gasteiger partial charge in [0.1, 0.15) is 5.75 Å². The van der Waals surface area contributed by atoms with Gasteiger partial charge in [-0.25, -0.2) is 9.97 Å². The standard InChI is InChI=1S/C22H28N4O3/c1-28-21-5-2-15(10-16(21)14-27)13-26-17-3-4-20(26)18-12-23-22(24-19(18)11-17)25-6-8-29-9-7-25/h2,5,10,12,17,20,27H,3-4,6-9,11,13-14H2,1H3/t17-,20-/m1/s1. The summed E-state index contributed by atoms with van der Waals surface area (Å²) in [5, 5.41) is 9.64. The Bertz CT molecular complexity index is 884. The fourth-order valence-electron chi connectivity index (χ4n) is 4.99. The van der Waals surface area contributed by atoms with E-state index >= 15 is 0 Å². The second-order valence-electron chi connectivity index (χ2n) is 8.10. The van der Waals surface area contributed by atoms with Crippen LogP contribution in [-0.2, 0) is 24.3 Å². The molecule has 4 heterocycles. The SMILES string of the molecule is COc1ccc(CN2[C@@H]3CC[C@@H]2c2cnc(N4CCOCC4)nc2C3)cc1CO. The molecule has 1 N–H and O–H groups in total. The zero-order valence-corrected chi connectivity index (χ0v) is 16.9. The molecule has 2 bridgehead atoms. The van der Waals surface area contributed by atoms with Crippen molar-refractivity contribution in [2.45, 2.75) is 44.5 Å². The van der Waals surface area contributed by atoms with E-state index in [1.807, 2.05) is 6.07 Å². The van der Waals surface area contributed by atoms with Crippen molar-refractivity contribution in [2.24, 2.45) is 0 Å². The molecular formula is C22H28N4O3. The third kappa shape index (κ3) is 3.47. The highest BCUT2D eigenvalue weighted by atomic mass is 16.5. The van der Waals surface area contributed by atoms with Crippen LogP contribution < -0.4 is 9.64 Å². The third-order valence-corrected chi connectivity index (χ3v) is 6.49. The molecule has 3 aliphatic heterocycles. The number of rotatable bonds is 5. The molecule has 1 aromatic carbocycles. The summed E-state index contributed by atoms with van der Waals surface area (Å²) in [6.07, 6.45) is 5.38. The fraction of sp³-hybridized carbons (Fsp3) is 0.545. The highest BCUT2D eigenvalue weighted by molar-refractivity contribution is 5.39. The molecule has 0 radical (unpaired) electrons. The molecule has 2 aromatic rings. The van der Waals surface area contributed by atoms with Gasteiger partial charge in [0, 0.05) is 55.5 Å². The molecule has 7 nitrogen and oxygen atoms in total. The summed E-state index contributed by atoms with van der Waals surface area (Å²) < 4.78 is 10.8. The van der Waals surface area contributed by atoms with Crippen LogP contribution in [0.5, 0.6) is 5.75 Å². The third-order valence-electron chi connectivity index (χ3n) is 6.49. The molecule has 0 saturated carbocycles. The molecule has 2 saturated heterocycles. The van der Waals surface area contributed by atoms with Crippen molar-refractivity contribution in [1.82, 2.24) is 14.9 Å². The minimum absolute atomic E-state index is 0.00907. The number of methoxy groups -OCH3 is 1. The number of hydrogen-bond donors (Lipinski definition) is 1. The van der Waals surface area contributed by atoms with E-state index in [0.717, 1.165) is 63.0 Å². The predicted octanol–water partition coefficient (Wildman–Crippen LogP) is 2.08. The zero-order valence-electron chi connectivity index (χ0n) is 16.9. The smallest absolute Gasteiger partial charge is 0.225 e. The van der Waals surface area contributed by atoms with Crippen molar-refractivity contribution in [3.05, 3.63) is 46.8 Å². The summed E-state index contributed by atoms with van der Waals surface area (Å²) >= 11 is 0. The van der Waals surface area contributed by atoms with Gasteiger partial charge in [-0.3, -0.25) is 4.90 Å². The second kappa shape index (κ2) is 7.89. The summed E-state index contributed by atoms with van der Waals surface area (Å²) in [6.45, 7) is 4.08. The highest BCUT2D eigenvalue weighted by Crippen LogP contribution is 2.44. The van der Waals surface area contributed by atoms with Crippen molar-refractivity contribution in [2.75, 3.05) is 38.3 Å². The van der Waals surface area contributed by atoms with Gasteiger partial charge in [0.25, 0.3) is 0 Å². The molecule has 3 aliphatic rings. The number of aliphatic hydroxyl groups excluding tert-OH is 1. The Kier molecular flexibility index (Phi) is 5.11. The maximum absolute atomic E-state index is 9.64. The van der Waals surface area contributed by atoms with Gasteiger partial charge in [-0.15, -0.1) is 0 Å².